The van der Waals surface area contributed by atoms with E-state index in [0.717, 1.165) is 68.3 Å². The summed E-state index contributed by atoms with van der Waals surface area (Å²) in [7, 11) is 0. The molecule has 38 heavy (non-hydrogen) atoms. The summed E-state index contributed by atoms with van der Waals surface area (Å²) in [6.07, 6.45) is 2.41. The molecule has 2 aliphatic rings. The van der Waals surface area contributed by atoms with Crippen molar-refractivity contribution >= 4 is 46.5 Å². The molecule has 0 N–H and O–H groups in total. The molecule has 2 aromatic rings. The van der Waals surface area contributed by atoms with E-state index in [-0.39, 0.29) is 11.8 Å². The van der Waals surface area contributed by atoms with Crippen molar-refractivity contribution < 1.29 is 19.1 Å². The lowest BCUT2D eigenvalue weighted by Crippen LogP contribution is -2.48. The number of piperazine rings is 1. The Morgan fingerprint density at radius 3 is 2.47 bits per heavy atom. The highest BCUT2D eigenvalue weighted by atomic mass is 35.5. The first-order valence-corrected chi connectivity index (χ1v) is 14.2. The Balaban J connectivity index is 1.26. The summed E-state index contributed by atoms with van der Waals surface area (Å²) in [5.74, 6) is 0.251. The number of amides is 1. The second-order valence-corrected chi connectivity index (χ2v) is 11.0. The molecule has 4 rings (SSSR count). The van der Waals surface area contributed by atoms with E-state index in [0.29, 0.717) is 29.5 Å². The van der Waals surface area contributed by atoms with Crippen LogP contribution in [0.5, 0.6) is 5.75 Å². The van der Waals surface area contributed by atoms with Crippen LogP contribution in [0, 0.1) is 5.92 Å². The highest BCUT2D eigenvalue weighted by molar-refractivity contribution is 6.43. The molecule has 0 bridgehead atoms. The summed E-state index contributed by atoms with van der Waals surface area (Å²) >= 11 is 12.6. The molecule has 1 unspecified atom stereocenters. The van der Waals surface area contributed by atoms with Gasteiger partial charge in [-0.2, -0.15) is 0 Å². The van der Waals surface area contributed by atoms with Crippen molar-refractivity contribution in [3.63, 3.8) is 0 Å². The molecular weight excluding hydrogens is 525 g/mol. The molecule has 9 heteroatoms. The predicted molar refractivity (Wildman–Crippen MR) is 152 cm³/mol. The van der Waals surface area contributed by atoms with Gasteiger partial charge in [0, 0.05) is 51.5 Å². The van der Waals surface area contributed by atoms with E-state index in [2.05, 4.69) is 9.80 Å². The molecule has 7 nitrogen and oxygen atoms in total. The third kappa shape index (κ3) is 6.93. The topological polar surface area (TPSA) is 62.3 Å². The molecule has 0 aromatic heterocycles. The first kappa shape index (κ1) is 28.5. The average molecular weight is 563 g/mol. The largest absolute Gasteiger partial charge is 0.494 e. The summed E-state index contributed by atoms with van der Waals surface area (Å²) in [6.45, 7) is 10.7. The van der Waals surface area contributed by atoms with Crippen LogP contribution < -0.4 is 14.5 Å². The van der Waals surface area contributed by atoms with Crippen LogP contribution in [0.2, 0.25) is 10.0 Å². The zero-order valence-electron chi connectivity index (χ0n) is 22.4. The van der Waals surface area contributed by atoms with Crippen molar-refractivity contribution in [1.82, 2.24) is 4.90 Å². The lowest BCUT2D eigenvalue weighted by Gasteiger charge is -2.37. The minimum atomic E-state index is -0.635. The van der Waals surface area contributed by atoms with Gasteiger partial charge in [-0.05, 0) is 49.6 Å². The van der Waals surface area contributed by atoms with Gasteiger partial charge in [-0.1, -0.05) is 49.2 Å². The minimum absolute atomic E-state index is 0.0349. The van der Waals surface area contributed by atoms with E-state index >= 15 is 0 Å². The zero-order valence-corrected chi connectivity index (χ0v) is 23.9. The number of benzene rings is 2. The maximum Gasteiger partial charge on any atom is 0.304 e. The summed E-state index contributed by atoms with van der Waals surface area (Å²) in [4.78, 5) is 31.0. The first-order chi connectivity index (χ1) is 18.2. The fraction of sp³-hybridized carbons (Fsp3) is 0.517. The van der Waals surface area contributed by atoms with Gasteiger partial charge in [0.2, 0.25) is 5.91 Å². The summed E-state index contributed by atoms with van der Waals surface area (Å²) in [5.41, 5.74) is 2.84. The Morgan fingerprint density at radius 2 is 1.76 bits per heavy atom. The van der Waals surface area contributed by atoms with Gasteiger partial charge in [-0.25, -0.2) is 0 Å². The van der Waals surface area contributed by atoms with Crippen LogP contribution in [0.3, 0.4) is 0 Å². The molecule has 1 atom stereocenters. The lowest BCUT2D eigenvalue weighted by molar-refractivity contribution is -0.149. The van der Waals surface area contributed by atoms with Crippen molar-refractivity contribution in [3.05, 3.63) is 52.0 Å². The van der Waals surface area contributed by atoms with Crippen LogP contribution in [0.25, 0.3) is 0 Å². The summed E-state index contributed by atoms with van der Waals surface area (Å²) in [6, 6.07) is 11.7. The van der Waals surface area contributed by atoms with Crippen molar-refractivity contribution in [2.75, 3.05) is 49.1 Å². The second-order valence-electron chi connectivity index (χ2n) is 10.3. The van der Waals surface area contributed by atoms with Crippen LogP contribution in [0.4, 0.5) is 11.4 Å². The number of rotatable bonds is 10. The molecule has 1 fully saturated rings. The Morgan fingerprint density at radius 1 is 1.00 bits per heavy atom. The van der Waals surface area contributed by atoms with Crippen LogP contribution >= 0.6 is 23.2 Å². The molecule has 2 aliphatic heterocycles. The van der Waals surface area contributed by atoms with Gasteiger partial charge in [0.25, 0.3) is 0 Å². The van der Waals surface area contributed by atoms with Crippen LogP contribution in [-0.4, -0.2) is 62.3 Å². The first-order valence-electron chi connectivity index (χ1n) is 13.4. The zero-order chi connectivity index (χ0) is 27.2. The molecule has 2 aromatic carbocycles. The van der Waals surface area contributed by atoms with Crippen molar-refractivity contribution in [3.8, 4) is 5.75 Å². The number of ether oxygens (including phenoxy) is 2. The van der Waals surface area contributed by atoms with E-state index in [1.165, 1.54) is 6.92 Å². The molecule has 0 spiro atoms. The van der Waals surface area contributed by atoms with E-state index in [1.807, 2.05) is 50.2 Å². The van der Waals surface area contributed by atoms with E-state index < -0.39 is 12.2 Å². The number of anilines is 2. The van der Waals surface area contributed by atoms with Crippen LogP contribution in [-0.2, 0) is 20.7 Å². The number of hydrogen-bond donors (Lipinski definition) is 0. The maximum atomic E-state index is 12.9. The molecule has 0 radical (unpaired) electrons. The van der Waals surface area contributed by atoms with Gasteiger partial charge in [0.1, 0.15) is 5.75 Å². The number of aryl methyl sites for hydroxylation is 1. The third-order valence-electron chi connectivity index (χ3n) is 7.09. The fourth-order valence-electron chi connectivity index (χ4n) is 5.08. The van der Waals surface area contributed by atoms with E-state index in [9.17, 15) is 9.59 Å². The molecule has 2 heterocycles. The van der Waals surface area contributed by atoms with Gasteiger partial charge in [0.05, 0.1) is 28.0 Å². The maximum absolute atomic E-state index is 12.9. The number of fused-ring (bicyclic) bond motifs is 1. The summed E-state index contributed by atoms with van der Waals surface area (Å²) in [5, 5.41) is 1.22. The predicted octanol–water partition coefficient (Wildman–Crippen LogP) is 5.80. The Hall–Kier alpha value is -2.48. The number of esters is 1. The fourth-order valence-corrected chi connectivity index (χ4v) is 5.49. The Labute approximate surface area is 235 Å². The molecule has 0 aliphatic carbocycles. The number of carbonyl (C=O) groups is 2. The smallest absolute Gasteiger partial charge is 0.304 e. The van der Waals surface area contributed by atoms with Gasteiger partial charge < -0.3 is 14.4 Å². The van der Waals surface area contributed by atoms with Crippen molar-refractivity contribution in [2.45, 2.75) is 52.7 Å². The van der Waals surface area contributed by atoms with Gasteiger partial charge in [-0.3, -0.25) is 19.4 Å². The molecule has 1 saturated heterocycles. The highest BCUT2D eigenvalue weighted by Gasteiger charge is 2.34. The van der Waals surface area contributed by atoms with Crippen LogP contribution in [0.15, 0.2) is 36.4 Å². The van der Waals surface area contributed by atoms with Crippen LogP contribution in [0.1, 0.15) is 45.6 Å². The number of carbonyl (C=O) groups excluding carboxylic acids is 2. The normalized spacial score (nSPS) is 16.9. The van der Waals surface area contributed by atoms with Gasteiger partial charge in [0.15, 0.2) is 6.23 Å². The van der Waals surface area contributed by atoms with Crippen molar-refractivity contribution in [1.29, 1.82) is 0 Å². The average Bonchev–Trinajstić information content (AvgIpc) is 2.89. The monoisotopic (exact) mass is 561 g/mol. The number of unbranched alkanes of at least 4 members (excludes halogenated alkanes) is 1. The standard InChI is InChI=1S/C29H37Cl2N3O4/c1-20(2)29(38-21(3)35)34-26-19-23(11-9-22(26)10-12-27(34)36)37-18-5-4-13-32-14-16-33(17-15-32)25-8-6-7-24(30)28(25)31/h6-9,11,19-20,29H,4-5,10,12-18H2,1-3H3. The Bertz CT molecular complexity index is 1130. The van der Waals surface area contributed by atoms with Crippen molar-refractivity contribution in [2.24, 2.45) is 5.92 Å². The Kier molecular flexibility index (Phi) is 9.80. The molecule has 206 valence electrons. The molecular formula is C29H37Cl2N3O4. The SMILES string of the molecule is CC(=O)OC(C(C)C)N1C(=O)CCc2ccc(OCCCCN3CCN(c4cccc(Cl)c4Cl)CC3)cc21. The quantitative estimate of drug-likeness (QED) is 0.270. The summed E-state index contributed by atoms with van der Waals surface area (Å²) < 4.78 is 11.6. The number of hydrogen-bond acceptors (Lipinski definition) is 6. The molecule has 0 saturated carbocycles. The number of nitrogens with zero attached hydrogens (tertiary/aromatic N) is 3. The van der Waals surface area contributed by atoms with Gasteiger partial charge in [-0.15, -0.1) is 0 Å². The van der Waals surface area contributed by atoms with E-state index in [4.69, 9.17) is 32.7 Å². The van der Waals surface area contributed by atoms with E-state index in [1.54, 1.807) is 4.90 Å². The third-order valence-corrected chi connectivity index (χ3v) is 7.90. The lowest BCUT2D eigenvalue weighted by atomic mass is 9.98. The van der Waals surface area contributed by atoms with Gasteiger partial charge >= 0.3 is 5.97 Å². The number of halogens is 2. The highest BCUT2D eigenvalue weighted by Crippen LogP contribution is 2.35. The molecule has 1 amide bonds. The minimum Gasteiger partial charge on any atom is -0.494 e. The second kappa shape index (κ2) is 13.0.